The van der Waals surface area contributed by atoms with E-state index in [0.717, 1.165) is 56.3 Å². The van der Waals surface area contributed by atoms with Gasteiger partial charge in [-0.25, -0.2) is 19.4 Å². The van der Waals surface area contributed by atoms with E-state index in [1.165, 1.54) is 17.7 Å². The average Bonchev–Trinajstić information content (AvgIpc) is 3.42. The molecule has 53 heavy (non-hydrogen) atoms. The average molecular weight is 736 g/mol. The first-order chi connectivity index (χ1) is 24.7. The molecule has 2 spiro atoms. The number of hydrogen-bond acceptors (Lipinski definition) is 9. The van der Waals surface area contributed by atoms with Crippen LogP contribution in [0.4, 0.5) is 21.0 Å². The number of imide groups is 2. The zero-order valence-corrected chi connectivity index (χ0v) is 33.4. The monoisotopic (exact) mass is 735 g/mol. The number of benzene rings is 1. The van der Waals surface area contributed by atoms with Gasteiger partial charge in [-0.05, 0) is 119 Å². The Hall–Kier alpha value is -3.06. The van der Waals surface area contributed by atoms with Crippen molar-refractivity contribution in [3.05, 3.63) is 23.8 Å². The molecule has 5 amide bonds. The molecule has 0 bridgehead atoms. The molecule has 4 heterocycles. The van der Waals surface area contributed by atoms with Crippen molar-refractivity contribution in [3.63, 3.8) is 0 Å². The number of hydroxylamine groups is 4. The van der Waals surface area contributed by atoms with E-state index in [4.69, 9.17) is 14.4 Å². The Balaban J connectivity index is 1.13. The van der Waals surface area contributed by atoms with E-state index < -0.39 is 51.3 Å². The minimum absolute atomic E-state index is 0.130. The second-order valence-electron chi connectivity index (χ2n) is 19.4. The molecule has 0 aromatic heterocycles. The summed E-state index contributed by atoms with van der Waals surface area (Å²) < 4.78 is 6.10. The lowest BCUT2D eigenvalue weighted by molar-refractivity contribution is -0.323. The molecule has 1 aromatic rings. The number of anilines is 2. The van der Waals surface area contributed by atoms with Gasteiger partial charge in [0.15, 0.2) is 5.60 Å². The van der Waals surface area contributed by atoms with Crippen LogP contribution < -0.4 is 15.1 Å². The number of aryl methyl sites for hydroxylation is 1. The van der Waals surface area contributed by atoms with E-state index >= 15 is 0 Å². The van der Waals surface area contributed by atoms with Crippen LogP contribution in [0.2, 0.25) is 0 Å². The number of ether oxygens (including phenoxy) is 1. The third kappa shape index (κ3) is 6.59. The summed E-state index contributed by atoms with van der Waals surface area (Å²) in [5.41, 5.74) is -3.65. The van der Waals surface area contributed by atoms with E-state index in [2.05, 4.69) is 38.1 Å². The van der Waals surface area contributed by atoms with Gasteiger partial charge in [-0.3, -0.25) is 19.3 Å². The molecule has 0 unspecified atom stereocenters. The van der Waals surface area contributed by atoms with Gasteiger partial charge in [0, 0.05) is 35.0 Å². The molecule has 4 aliphatic heterocycles. The van der Waals surface area contributed by atoms with Crippen LogP contribution in [0.15, 0.2) is 18.2 Å². The third-order valence-corrected chi connectivity index (χ3v) is 12.6. The molecule has 1 N–H and O–H groups in total. The molecule has 4 saturated heterocycles. The van der Waals surface area contributed by atoms with E-state index in [9.17, 15) is 19.2 Å². The molecule has 12 heteroatoms. The Kier molecular flexibility index (Phi) is 9.39. The summed E-state index contributed by atoms with van der Waals surface area (Å²) in [5.74, 6) is -0.792. The highest BCUT2D eigenvalue weighted by molar-refractivity contribution is 6.25. The Morgan fingerprint density at radius 3 is 1.60 bits per heavy atom. The van der Waals surface area contributed by atoms with Gasteiger partial charge in [-0.15, -0.1) is 0 Å². The molecule has 0 radical (unpaired) electrons. The van der Waals surface area contributed by atoms with Crippen LogP contribution in [0.25, 0.3) is 0 Å². The number of rotatable bonds is 6. The Morgan fingerprint density at radius 1 is 0.642 bits per heavy atom. The number of carbonyl (C=O) groups is 4. The van der Waals surface area contributed by atoms with Crippen molar-refractivity contribution in [1.29, 1.82) is 0 Å². The topological polar surface area (TPSA) is 121 Å². The minimum atomic E-state index is -1.39. The fraction of sp³-hybridized carbons (Fsp3) is 0.756. The van der Waals surface area contributed by atoms with Crippen LogP contribution in [0, 0.1) is 6.92 Å². The van der Waals surface area contributed by atoms with Crippen LogP contribution in [0.1, 0.15) is 151 Å². The molecule has 0 atom stereocenters. The van der Waals surface area contributed by atoms with Crippen molar-refractivity contribution >= 4 is 35.3 Å². The lowest BCUT2D eigenvalue weighted by Gasteiger charge is -2.57. The number of piperidine rings is 2. The van der Waals surface area contributed by atoms with Crippen molar-refractivity contribution in [2.45, 2.75) is 198 Å². The maximum atomic E-state index is 14.6. The van der Waals surface area contributed by atoms with Crippen LogP contribution >= 0.6 is 0 Å². The summed E-state index contributed by atoms with van der Waals surface area (Å²) in [5, 5.41) is 7.21. The van der Waals surface area contributed by atoms with Gasteiger partial charge in [-0.1, -0.05) is 44.6 Å². The van der Waals surface area contributed by atoms with Gasteiger partial charge in [0.25, 0.3) is 11.8 Å². The zero-order chi connectivity index (χ0) is 38.4. The Labute approximate surface area is 315 Å². The van der Waals surface area contributed by atoms with E-state index in [-0.39, 0.29) is 36.6 Å². The highest BCUT2D eigenvalue weighted by atomic mass is 16.7. The number of nitrogens with zero attached hydrogens (tertiary/aromatic N) is 4. The molecule has 7 rings (SSSR count). The van der Waals surface area contributed by atoms with Gasteiger partial charge in [0.1, 0.15) is 5.54 Å². The first kappa shape index (κ1) is 38.2. The fourth-order valence-electron chi connectivity index (χ4n) is 11.2. The second-order valence-corrected chi connectivity index (χ2v) is 19.4. The Bertz CT molecular complexity index is 1620. The van der Waals surface area contributed by atoms with Gasteiger partial charge in [-0.2, -0.15) is 10.1 Å². The lowest BCUT2D eigenvalue weighted by Crippen LogP contribution is -2.70. The van der Waals surface area contributed by atoms with Gasteiger partial charge < -0.3 is 10.1 Å². The summed E-state index contributed by atoms with van der Waals surface area (Å²) in [6, 6.07) is 4.49. The summed E-state index contributed by atoms with van der Waals surface area (Å²) >= 11 is 0. The van der Waals surface area contributed by atoms with Crippen molar-refractivity contribution in [2.24, 2.45) is 0 Å². The number of hydrogen-bond donors (Lipinski definition) is 1. The smallest absolute Gasteiger partial charge is 0.422 e. The molecule has 292 valence electrons. The normalized spacial score (nSPS) is 28.5. The molecule has 6 aliphatic rings. The van der Waals surface area contributed by atoms with E-state index in [1.807, 2.05) is 39.7 Å². The predicted octanol–water partition coefficient (Wildman–Crippen LogP) is 7.85. The molecule has 1 aromatic carbocycles. The largest absolute Gasteiger partial charge is 0.432 e. The van der Waals surface area contributed by atoms with E-state index in [0.29, 0.717) is 24.1 Å². The summed E-state index contributed by atoms with van der Waals surface area (Å²) in [6.07, 6.45) is 11.8. The standard InChI is InChI=1S/C41H61N5O7/c1-27-20-21-28(43-33(48)41(51-35(43)50)25-38(6,7)46(39(8,9)26-41)53-30-18-14-11-15-19-30)22-31(27)44-32(47)40(42-34(44)49)23-36(2,3)45(37(4,5)24-40)52-29-16-12-10-13-17-29/h20-22,29-30H,10-19,23-26H2,1-9H3,(H,42,49). The summed E-state index contributed by atoms with van der Waals surface area (Å²) in [7, 11) is 0. The summed E-state index contributed by atoms with van der Waals surface area (Å²) in [6.45, 7) is 18.2. The van der Waals surface area contributed by atoms with Crippen LogP contribution in [-0.2, 0) is 24.0 Å². The molecule has 12 nitrogen and oxygen atoms in total. The highest BCUT2D eigenvalue weighted by Gasteiger charge is 2.65. The van der Waals surface area contributed by atoms with Crippen molar-refractivity contribution in [3.8, 4) is 0 Å². The first-order valence-electron chi connectivity index (χ1n) is 20.0. The fourth-order valence-corrected chi connectivity index (χ4v) is 11.2. The first-order valence-corrected chi connectivity index (χ1v) is 20.0. The maximum Gasteiger partial charge on any atom is 0.422 e. The molecule has 2 saturated carbocycles. The van der Waals surface area contributed by atoms with Gasteiger partial charge >= 0.3 is 12.1 Å². The maximum absolute atomic E-state index is 14.6. The number of urea groups is 1. The molecular weight excluding hydrogens is 674 g/mol. The van der Waals surface area contributed by atoms with Crippen molar-refractivity contribution in [2.75, 3.05) is 9.80 Å². The Morgan fingerprint density at radius 2 is 1.11 bits per heavy atom. The molecule has 6 fully saturated rings. The predicted molar refractivity (Wildman–Crippen MR) is 201 cm³/mol. The number of nitrogens with one attached hydrogen (secondary N) is 1. The SMILES string of the molecule is Cc1ccc(N2C(=O)OC3(CC(C)(C)N(OC4CCCCC4)C(C)(C)C3)C2=O)cc1N1C(=O)NC2(CC(C)(C)N(OC3CCCCC3)C(C)(C)C2)C1=O. The quantitative estimate of drug-likeness (QED) is 0.291. The highest BCUT2D eigenvalue weighted by Crippen LogP contribution is 2.51. The number of carbonyl (C=O) groups excluding carboxylic acids is 4. The summed E-state index contributed by atoms with van der Waals surface area (Å²) in [4.78, 5) is 72.4. The van der Waals surface area contributed by atoms with E-state index in [1.54, 1.807) is 18.2 Å². The minimum Gasteiger partial charge on any atom is -0.432 e. The van der Waals surface area contributed by atoms with Crippen LogP contribution in [-0.4, -0.2) is 79.6 Å². The molecule has 2 aliphatic carbocycles. The zero-order valence-electron chi connectivity index (χ0n) is 33.4. The van der Waals surface area contributed by atoms with Gasteiger partial charge in [0.05, 0.1) is 23.6 Å². The van der Waals surface area contributed by atoms with Gasteiger partial charge in [0.2, 0.25) is 0 Å². The third-order valence-electron chi connectivity index (χ3n) is 12.6. The molecular formula is C41H61N5O7. The van der Waals surface area contributed by atoms with Crippen molar-refractivity contribution < 1.29 is 33.6 Å². The van der Waals surface area contributed by atoms with Crippen molar-refractivity contribution in [1.82, 2.24) is 15.4 Å². The van der Waals surface area contributed by atoms with Crippen LogP contribution in [0.3, 0.4) is 0 Å². The van der Waals surface area contributed by atoms with Crippen LogP contribution in [0.5, 0.6) is 0 Å². The second kappa shape index (κ2) is 13.0. The lowest BCUT2D eigenvalue weighted by atomic mass is 9.70. The number of amides is 5.